The van der Waals surface area contributed by atoms with Gasteiger partial charge in [0.25, 0.3) is 5.97 Å². The van der Waals surface area contributed by atoms with Crippen molar-refractivity contribution in [3.63, 3.8) is 0 Å². The molecule has 112 valence electrons. The van der Waals surface area contributed by atoms with Crippen LogP contribution in [0.15, 0.2) is 0 Å². The van der Waals surface area contributed by atoms with Gasteiger partial charge in [0.2, 0.25) is 0 Å². The molecule has 4 heteroatoms. The van der Waals surface area contributed by atoms with Crippen molar-refractivity contribution < 1.29 is 18.9 Å². The van der Waals surface area contributed by atoms with Crippen molar-refractivity contribution in [1.29, 1.82) is 0 Å². The first kappa shape index (κ1) is 15.2. The van der Waals surface area contributed by atoms with E-state index in [1.54, 1.807) is 0 Å². The minimum absolute atomic E-state index is 0.106. The zero-order valence-corrected chi connectivity index (χ0v) is 13.4. The molecule has 2 fully saturated rings. The Morgan fingerprint density at radius 1 is 0.947 bits per heavy atom. The van der Waals surface area contributed by atoms with Crippen LogP contribution in [0.3, 0.4) is 0 Å². The maximum atomic E-state index is 6.09. The fourth-order valence-electron chi connectivity index (χ4n) is 3.24. The maximum Gasteiger partial charge on any atom is 0.283 e. The van der Waals surface area contributed by atoms with Gasteiger partial charge < -0.3 is 14.2 Å². The molecular weight excluding hydrogens is 244 g/mol. The number of ether oxygens (including phenoxy) is 4. The van der Waals surface area contributed by atoms with Gasteiger partial charge in [-0.2, -0.15) is 0 Å². The summed E-state index contributed by atoms with van der Waals surface area (Å²) in [6.45, 7) is 16.2. The molecule has 0 aliphatic carbocycles. The van der Waals surface area contributed by atoms with E-state index in [9.17, 15) is 0 Å². The lowest BCUT2D eigenvalue weighted by Gasteiger charge is -2.44. The van der Waals surface area contributed by atoms with E-state index in [4.69, 9.17) is 18.9 Å². The van der Waals surface area contributed by atoms with E-state index in [0.29, 0.717) is 11.8 Å². The third-order valence-corrected chi connectivity index (χ3v) is 4.20. The van der Waals surface area contributed by atoms with Crippen molar-refractivity contribution in [2.45, 2.75) is 85.0 Å². The molecule has 2 saturated heterocycles. The first-order chi connectivity index (χ1) is 8.46. The molecule has 0 aromatic carbocycles. The second-order valence-electron chi connectivity index (χ2n) is 7.27. The third kappa shape index (κ3) is 2.82. The van der Waals surface area contributed by atoms with Crippen LogP contribution < -0.4 is 0 Å². The van der Waals surface area contributed by atoms with Gasteiger partial charge in [0, 0.05) is 6.92 Å². The molecule has 0 aromatic rings. The summed E-state index contributed by atoms with van der Waals surface area (Å²) in [7, 11) is 0. The Kier molecular flexibility index (Phi) is 3.54. The summed E-state index contributed by atoms with van der Waals surface area (Å²) in [4.78, 5) is 0. The SMILES string of the molecule is CC1[C@H](C)[C@H](C)OC2(C)OC(C)(OC(C)(C)C)O[C@@H]12. The number of hydrogen-bond acceptors (Lipinski definition) is 4. The van der Waals surface area contributed by atoms with E-state index < -0.39 is 11.8 Å². The van der Waals surface area contributed by atoms with Crippen molar-refractivity contribution in [3.8, 4) is 0 Å². The van der Waals surface area contributed by atoms with Gasteiger partial charge >= 0.3 is 0 Å². The summed E-state index contributed by atoms with van der Waals surface area (Å²) in [5.41, 5.74) is -0.334. The Balaban J connectivity index is 2.22. The highest BCUT2D eigenvalue weighted by Crippen LogP contribution is 2.48. The van der Waals surface area contributed by atoms with Gasteiger partial charge in [0.05, 0.1) is 11.7 Å². The number of rotatable bonds is 1. The van der Waals surface area contributed by atoms with E-state index in [1.807, 2.05) is 34.6 Å². The molecule has 4 nitrogen and oxygen atoms in total. The van der Waals surface area contributed by atoms with Gasteiger partial charge in [0.1, 0.15) is 6.10 Å². The van der Waals surface area contributed by atoms with Crippen molar-refractivity contribution in [2.75, 3.05) is 0 Å². The van der Waals surface area contributed by atoms with Crippen LogP contribution >= 0.6 is 0 Å². The summed E-state index contributed by atoms with van der Waals surface area (Å²) >= 11 is 0. The fraction of sp³-hybridized carbons (Fsp3) is 1.00. The normalized spacial score (nSPS) is 51.2. The average molecular weight is 272 g/mol. The first-order valence-corrected chi connectivity index (χ1v) is 7.22. The molecule has 19 heavy (non-hydrogen) atoms. The zero-order chi connectivity index (χ0) is 14.6. The van der Waals surface area contributed by atoms with Crippen LogP contribution in [-0.2, 0) is 18.9 Å². The standard InChI is InChI=1S/C15H28O4/c1-9-10(2)12-14(7,16-11(9)3)19-15(8,17-12)18-13(4,5)6/h9-12H,1-8H3/t9-,10?,11-,12-,14?,15?/m0/s1. The molecule has 2 rings (SSSR count). The number of hydrogen-bond donors (Lipinski definition) is 0. The van der Waals surface area contributed by atoms with E-state index in [1.165, 1.54) is 0 Å². The van der Waals surface area contributed by atoms with Crippen LogP contribution in [0.5, 0.6) is 0 Å². The molecule has 6 atom stereocenters. The molecular formula is C15H28O4. The molecule has 0 radical (unpaired) electrons. The van der Waals surface area contributed by atoms with Gasteiger partial charge in [-0.3, -0.25) is 4.74 Å². The van der Waals surface area contributed by atoms with E-state index >= 15 is 0 Å². The Labute approximate surface area is 116 Å². The van der Waals surface area contributed by atoms with Crippen molar-refractivity contribution in [1.82, 2.24) is 0 Å². The maximum absolute atomic E-state index is 6.09. The predicted molar refractivity (Wildman–Crippen MR) is 72.5 cm³/mol. The lowest BCUT2D eigenvalue weighted by atomic mass is 9.81. The van der Waals surface area contributed by atoms with Gasteiger partial charge in [-0.1, -0.05) is 13.8 Å². The van der Waals surface area contributed by atoms with Crippen molar-refractivity contribution >= 4 is 0 Å². The molecule has 3 unspecified atom stereocenters. The largest absolute Gasteiger partial charge is 0.344 e. The molecule has 0 aromatic heterocycles. The minimum Gasteiger partial charge on any atom is -0.344 e. The smallest absolute Gasteiger partial charge is 0.283 e. The molecule has 0 saturated carbocycles. The fourth-order valence-corrected chi connectivity index (χ4v) is 3.24. The second kappa shape index (κ2) is 4.42. The van der Waals surface area contributed by atoms with E-state index in [-0.39, 0.29) is 17.8 Å². The van der Waals surface area contributed by atoms with Crippen LogP contribution in [0.4, 0.5) is 0 Å². The summed E-state index contributed by atoms with van der Waals surface area (Å²) in [5, 5.41) is 0. The van der Waals surface area contributed by atoms with E-state index in [2.05, 4.69) is 20.8 Å². The van der Waals surface area contributed by atoms with Crippen LogP contribution in [0.1, 0.15) is 55.4 Å². The Morgan fingerprint density at radius 2 is 1.53 bits per heavy atom. The summed E-state index contributed by atoms with van der Waals surface area (Å²) < 4.78 is 24.1. The molecule has 0 spiro atoms. The zero-order valence-electron chi connectivity index (χ0n) is 13.4. The monoisotopic (exact) mass is 272 g/mol. The Bertz CT molecular complexity index is 351. The predicted octanol–water partition coefficient (Wildman–Crippen LogP) is 3.30. The van der Waals surface area contributed by atoms with Gasteiger partial charge in [-0.15, -0.1) is 0 Å². The molecule has 0 amide bonds. The molecule has 2 heterocycles. The lowest BCUT2D eigenvalue weighted by Crippen LogP contribution is -2.54. The average Bonchev–Trinajstić information content (AvgIpc) is 2.43. The molecule has 0 N–H and O–H groups in total. The Morgan fingerprint density at radius 3 is 2.05 bits per heavy atom. The first-order valence-electron chi connectivity index (χ1n) is 7.22. The third-order valence-electron chi connectivity index (χ3n) is 4.20. The topological polar surface area (TPSA) is 36.9 Å². The highest BCUT2D eigenvalue weighted by Gasteiger charge is 2.61. The molecule has 0 bridgehead atoms. The molecule has 2 aliphatic rings. The summed E-state index contributed by atoms with van der Waals surface area (Å²) in [6.07, 6.45) is 0.0443. The molecule has 2 aliphatic heterocycles. The highest BCUT2D eigenvalue weighted by molar-refractivity contribution is 4.95. The van der Waals surface area contributed by atoms with Crippen LogP contribution in [-0.4, -0.2) is 29.6 Å². The van der Waals surface area contributed by atoms with Gasteiger partial charge in [-0.25, -0.2) is 0 Å². The Hall–Kier alpha value is -0.160. The highest BCUT2D eigenvalue weighted by atomic mass is 16.9. The number of fused-ring (bicyclic) bond motifs is 1. The van der Waals surface area contributed by atoms with Crippen LogP contribution in [0.25, 0.3) is 0 Å². The van der Waals surface area contributed by atoms with Crippen molar-refractivity contribution in [2.24, 2.45) is 11.8 Å². The minimum atomic E-state index is -1.05. The van der Waals surface area contributed by atoms with E-state index in [0.717, 1.165) is 0 Å². The van der Waals surface area contributed by atoms with Crippen molar-refractivity contribution in [3.05, 3.63) is 0 Å². The second-order valence-corrected chi connectivity index (χ2v) is 7.27. The van der Waals surface area contributed by atoms with Gasteiger partial charge in [-0.05, 0) is 46.5 Å². The summed E-state index contributed by atoms with van der Waals surface area (Å²) in [5.74, 6) is -0.987. The van der Waals surface area contributed by atoms with Crippen LogP contribution in [0, 0.1) is 11.8 Å². The summed E-state index contributed by atoms with van der Waals surface area (Å²) in [6, 6.07) is 0. The van der Waals surface area contributed by atoms with Crippen LogP contribution in [0.2, 0.25) is 0 Å². The lowest BCUT2D eigenvalue weighted by molar-refractivity contribution is -0.386. The quantitative estimate of drug-likeness (QED) is 0.734. The van der Waals surface area contributed by atoms with Gasteiger partial charge in [0.15, 0.2) is 5.79 Å².